The third-order valence-corrected chi connectivity index (χ3v) is 4.98. The molecule has 0 spiro atoms. The number of hydrogen-bond donors (Lipinski definition) is 3. The van der Waals surface area contributed by atoms with Crippen molar-refractivity contribution in [2.75, 3.05) is 0 Å². The monoisotopic (exact) mass is 310 g/mol. The Balaban J connectivity index is 0.000000172. The summed E-state index contributed by atoms with van der Waals surface area (Å²) in [4.78, 5) is 20.5. The molecule has 1 amide bonds. The highest BCUT2D eigenvalue weighted by Gasteiger charge is 2.26. The second-order valence-electron chi connectivity index (χ2n) is 6.83. The number of hydrogen-bond acceptors (Lipinski definition) is 3. The average Bonchev–Trinajstić information content (AvgIpc) is 2.97. The molecule has 1 aliphatic heterocycles. The summed E-state index contributed by atoms with van der Waals surface area (Å²) in [7, 11) is 0. The maximum atomic E-state index is 10.4. The first-order valence-corrected chi connectivity index (χ1v) is 8.93. The van der Waals surface area contributed by atoms with E-state index in [2.05, 4.69) is 10.6 Å². The van der Waals surface area contributed by atoms with Crippen molar-refractivity contribution in [1.29, 1.82) is 0 Å². The first-order valence-electron chi connectivity index (χ1n) is 8.93. The van der Waals surface area contributed by atoms with Gasteiger partial charge in [0, 0.05) is 18.5 Å². The van der Waals surface area contributed by atoms with Gasteiger partial charge in [-0.05, 0) is 32.1 Å². The van der Waals surface area contributed by atoms with Crippen molar-refractivity contribution in [3.63, 3.8) is 0 Å². The van der Waals surface area contributed by atoms with Crippen LogP contribution in [0.25, 0.3) is 0 Å². The van der Waals surface area contributed by atoms with Crippen molar-refractivity contribution in [2.45, 2.75) is 95.2 Å². The van der Waals surface area contributed by atoms with E-state index in [9.17, 15) is 9.59 Å². The topological polar surface area (TPSA) is 78.4 Å². The summed E-state index contributed by atoms with van der Waals surface area (Å²) in [6.45, 7) is 0. The van der Waals surface area contributed by atoms with Gasteiger partial charge in [-0.3, -0.25) is 4.79 Å². The van der Waals surface area contributed by atoms with Gasteiger partial charge in [0.05, 0.1) is 0 Å². The number of nitrogens with one attached hydrogen (secondary N) is 2. The Bertz CT molecular complexity index is 345. The van der Waals surface area contributed by atoms with Gasteiger partial charge in [0.15, 0.2) is 0 Å². The summed E-state index contributed by atoms with van der Waals surface area (Å²) in [5, 5.41) is 14.5. The van der Waals surface area contributed by atoms with Crippen molar-refractivity contribution in [3.05, 3.63) is 0 Å². The van der Waals surface area contributed by atoms with Gasteiger partial charge in [0.1, 0.15) is 6.04 Å². The predicted molar refractivity (Wildman–Crippen MR) is 85.7 cm³/mol. The van der Waals surface area contributed by atoms with Crippen molar-refractivity contribution in [3.8, 4) is 0 Å². The molecule has 5 heteroatoms. The Labute approximate surface area is 133 Å². The van der Waals surface area contributed by atoms with Crippen LogP contribution < -0.4 is 10.6 Å². The molecule has 0 unspecified atom stereocenters. The zero-order valence-electron chi connectivity index (χ0n) is 13.5. The number of carboxylic acids is 1. The fraction of sp³-hybridized carbons (Fsp3) is 0.882. The molecule has 3 rings (SSSR count). The Morgan fingerprint density at radius 2 is 1.41 bits per heavy atom. The summed E-state index contributed by atoms with van der Waals surface area (Å²) >= 11 is 0. The molecular formula is C17H30N2O3. The second-order valence-corrected chi connectivity index (χ2v) is 6.83. The molecule has 5 nitrogen and oxygen atoms in total. The van der Waals surface area contributed by atoms with E-state index < -0.39 is 12.0 Å². The largest absolute Gasteiger partial charge is 0.480 e. The Hall–Kier alpha value is -1.10. The van der Waals surface area contributed by atoms with Crippen LogP contribution in [0.15, 0.2) is 0 Å². The highest BCUT2D eigenvalue weighted by atomic mass is 16.4. The fourth-order valence-electron chi connectivity index (χ4n) is 3.67. The smallest absolute Gasteiger partial charge is 0.326 e. The van der Waals surface area contributed by atoms with E-state index in [1.54, 1.807) is 0 Å². The van der Waals surface area contributed by atoms with Crippen LogP contribution in [0.4, 0.5) is 0 Å². The number of rotatable bonds is 3. The number of carboxylic acid groups (broad SMARTS) is 1. The molecule has 126 valence electrons. The lowest BCUT2D eigenvalue weighted by Gasteiger charge is -2.30. The summed E-state index contributed by atoms with van der Waals surface area (Å²) in [6, 6.07) is 1.10. The Morgan fingerprint density at radius 1 is 0.909 bits per heavy atom. The van der Waals surface area contributed by atoms with E-state index in [-0.39, 0.29) is 5.91 Å². The highest BCUT2D eigenvalue weighted by Crippen LogP contribution is 2.22. The van der Waals surface area contributed by atoms with Gasteiger partial charge >= 0.3 is 5.97 Å². The van der Waals surface area contributed by atoms with E-state index >= 15 is 0 Å². The molecular weight excluding hydrogens is 280 g/mol. The van der Waals surface area contributed by atoms with Crippen molar-refractivity contribution < 1.29 is 14.7 Å². The van der Waals surface area contributed by atoms with Gasteiger partial charge in [-0.25, -0.2) is 4.79 Å². The van der Waals surface area contributed by atoms with Crippen LogP contribution >= 0.6 is 0 Å². The predicted octanol–water partition coefficient (Wildman–Crippen LogP) is 2.59. The number of carbonyl (C=O) groups excluding carboxylic acids is 1. The van der Waals surface area contributed by atoms with Crippen LogP contribution in [-0.4, -0.2) is 35.1 Å². The van der Waals surface area contributed by atoms with E-state index in [0.29, 0.717) is 12.8 Å². The lowest BCUT2D eigenvalue weighted by molar-refractivity contribution is -0.140. The number of carbonyl (C=O) groups is 2. The van der Waals surface area contributed by atoms with E-state index in [4.69, 9.17) is 5.11 Å². The zero-order valence-corrected chi connectivity index (χ0v) is 13.5. The standard InChI is InChI=1S/C12H23N.C5H7NO3/c1-3-7-11(8-4-1)13-12-9-5-2-6-10-12;7-4-2-1-3(6-4)5(8)9/h11-13H,1-10H2;3H,1-2H2,(H,6,7)(H,8,9)/t;3-/m.0/s1. The zero-order chi connectivity index (χ0) is 15.8. The highest BCUT2D eigenvalue weighted by molar-refractivity contribution is 5.87. The quantitative estimate of drug-likeness (QED) is 0.748. The molecule has 2 saturated carbocycles. The molecule has 3 N–H and O–H groups in total. The summed E-state index contributed by atoms with van der Waals surface area (Å²) in [6.07, 6.45) is 15.3. The fourth-order valence-corrected chi connectivity index (χ4v) is 3.67. The van der Waals surface area contributed by atoms with Gasteiger partial charge in [-0.2, -0.15) is 0 Å². The molecule has 0 radical (unpaired) electrons. The minimum Gasteiger partial charge on any atom is -0.480 e. The number of amides is 1. The van der Waals surface area contributed by atoms with Gasteiger partial charge in [-0.1, -0.05) is 38.5 Å². The van der Waals surface area contributed by atoms with Crippen LogP contribution in [0.3, 0.4) is 0 Å². The first kappa shape index (κ1) is 17.3. The maximum Gasteiger partial charge on any atom is 0.326 e. The van der Waals surface area contributed by atoms with Crippen molar-refractivity contribution in [2.24, 2.45) is 0 Å². The molecule has 0 bridgehead atoms. The molecule has 0 aromatic heterocycles. The van der Waals surface area contributed by atoms with E-state index in [0.717, 1.165) is 12.1 Å². The minimum atomic E-state index is -0.944. The first-order chi connectivity index (χ1) is 10.6. The van der Waals surface area contributed by atoms with Gasteiger partial charge in [-0.15, -0.1) is 0 Å². The average molecular weight is 310 g/mol. The SMILES string of the molecule is C1CCC(NC2CCCCC2)CC1.O=C1CC[C@@H](C(=O)O)N1. The molecule has 1 saturated heterocycles. The maximum absolute atomic E-state index is 10.4. The van der Waals surface area contributed by atoms with E-state index in [1.165, 1.54) is 64.2 Å². The normalized spacial score (nSPS) is 26.9. The molecule has 1 atom stereocenters. The van der Waals surface area contributed by atoms with Crippen LogP contribution in [0, 0.1) is 0 Å². The molecule has 2 aliphatic carbocycles. The van der Waals surface area contributed by atoms with Gasteiger partial charge < -0.3 is 15.7 Å². The molecule has 0 aromatic rings. The Kier molecular flexibility index (Phi) is 7.16. The molecule has 0 aromatic carbocycles. The summed E-state index contributed by atoms with van der Waals surface area (Å²) in [5.74, 6) is -1.11. The van der Waals surface area contributed by atoms with Crippen LogP contribution in [0.5, 0.6) is 0 Å². The third kappa shape index (κ3) is 5.95. The van der Waals surface area contributed by atoms with Gasteiger partial charge in [0.2, 0.25) is 5.91 Å². The number of aliphatic carboxylic acids is 1. The summed E-state index contributed by atoms with van der Waals surface area (Å²) in [5.41, 5.74) is 0. The van der Waals surface area contributed by atoms with Crippen LogP contribution in [0.1, 0.15) is 77.0 Å². The second kappa shape index (κ2) is 9.13. The van der Waals surface area contributed by atoms with E-state index in [1.807, 2.05) is 0 Å². The van der Waals surface area contributed by atoms with Crippen LogP contribution in [-0.2, 0) is 9.59 Å². The summed E-state index contributed by atoms with van der Waals surface area (Å²) < 4.78 is 0. The molecule has 3 aliphatic rings. The molecule has 22 heavy (non-hydrogen) atoms. The van der Waals surface area contributed by atoms with Crippen molar-refractivity contribution >= 4 is 11.9 Å². The lowest BCUT2D eigenvalue weighted by atomic mass is 9.91. The third-order valence-electron chi connectivity index (χ3n) is 4.98. The lowest BCUT2D eigenvalue weighted by Crippen LogP contribution is -2.40. The Morgan fingerprint density at radius 3 is 1.73 bits per heavy atom. The molecule has 3 fully saturated rings. The van der Waals surface area contributed by atoms with Crippen molar-refractivity contribution in [1.82, 2.24) is 10.6 Å². The van der Waals surface area contributed by atoms with Gasteiger partial charge in [0.25, 0.3) is 0 Å². The minimum absolute atomic E-state index is 0.164. The van der Waals surface area contributed by atoms with Crippen LogP contribution in [0.2, 0.25) is 0 Å². The molecule has 1 heterocycles.